The van der Waals surface area contributed by atoms with E-state index in [9.17, 15) is 0 Å². The first-order valence-corrected chi connectivity index (χ1v) is 6.12. The molecular formula is C13H18N2S. The summed E-state index contributed by atoms with van der Waals surface area (Å²) in [4.78, 5) is 5.44. The van der Waals surface area contributed by atoms with Crippen LogP contribution in [0.5, 0.6) is 0 Å². The van der Waals surface area contributed by atoms with Gasteiger partial charge in [-0.2, -0.15) is 0 Å². The summed E-state index contributed by atoms with van der Waals surface area (Å²) < 4.78 is 0. The molecule has 0 saturated heterocycles. The van der Waals surface area contributed by atoms with Crippen molar-refractivity contribution >= 4 is 16.9 Å². The van der Waals surface area contributed by atoms with E-state index in [1.807, 2.05) is 25.6 Å². The van der Waals surface area contributed by atoms with E-state index in [2.05, 4.69) is 36.0 Å². The van der Waals surface area contributed by atoms with E-state index in [0.29, 0.717) is 0 Å². The molecule has 3 heteroatoms. The average Bonchev–Trinajstić information content (AvgIpc) is 2.66. The van der Waals surface area contributed by atoms with Crippen LogP contribution in [0.3, 0.4) is 0 Å². The number of hydrogen-bond donors (Lipinski definition) is 1. The second-order valence-electron chi connectivity index (χ2n) is 3.64. The van der Waals surface area contributed by atoms with Gasteiger partial charge in [-0.3, -0.25) is 0 Å². The molecule has 0 aliphatic carbocycles. The van der Waals surface area contributed by atoms with Crippen molar-refractivity contribution in [2.45, 2.75) is 13.8 Å². The molecule has 0 atom stereocenters. The highest BCUT2D eigenvalue weighted by Gasteiger charge is 2.03. The summed E-state index contributed by atoms with van der Waals surface area (Å²) in [5, 5.41) is 3.12. The number of thiazole rings is 1. The second kappa shape index (κ2) is 6.40. The summed E-state index contributed by atoms with van der Waals surface area (Å²) in [6.07, 6.45) is 6.09. The number of likely N-dealkylation sites (N-methyl/N-ethyl adjacent to an activating group) is 1. The van der Waals surface area contributed by atoms with Gasteiger partial charge in [0.1, 0.15) is 0 Å². The molecule has 0 spiro atoms. The van der Waals surface area contributed by atoms with Crippen molar-refractivity contribution in [1.29, 1.82) is 0 Å². The van der Waals surface area contributed by atoms with E-state index in [4.69, 9.17) is 0 Å². The van der Waals surface area contributed by atoms with Crippen molar-refractivity contribution in [3.8, 4) is 0 Å². The van der Waals surface area contributed by atoms with Crippen LogP contribution in [0.2, 0.25) is 0 Å². The van der Waals surface area contributed by atoms with E-state index in [0.717, 1.165) is 17.8 Å². The first kappa shape index (κ1) is 12.9. The molecule has 0 radical (unpaired) electrons. The van der Waals surface area contributed by atoms with Crippen LogP contribution in [0.25, 0.3) is 5.57 Å². The maximum absolute atomic E-state index is 4.25. The van der Waals surface area contributed by atoms with Crippen molar-refractivity contribution in [3.05, 3.63) is 46.5 Å². The zero-order chi connectivity index (χ0) is 12.0. The van der Waals surface area contributed by atoms with Crippen LogP contribution >= 0.6 is 11.3 Å². The molecule has 1 rings (SSSR count). The van der Waals surface area contributed by atoms with Crippen molar-refractivity contribution in [2.75, 3.05) is 13.6 Å². The Morgan fingerprint density at radius 3 is 2.81 bits per heavy atom. The van der Waals surface area contributed by atoms with E-state index >= 15 is 0 Å². The summed E-state index contributed by atoms with van der Waals surface area (Å²) >= 11 is 1.65. The molecule has 2 nitrogen and oxygen atoms in total. The fourth-order valence-corrected chi connectivity index (χ4v) is 2.21. The van der Waals surface area contributed by atoms with Crippen molar-refractivity contribution < 1.29 is 0 Å². The van der Waals surface area contributed by atoms with E-state index < -0.39 is 0 Å². The summed E-state index contributed by atoms with van der Waals surface area (Å²) in [7, 11) is 1.95. The third-order valence-electron chi connectivity index (χ3n) is 2.23. The third kappa shape index (κ3) is 3.43. The molecule has 1 aromatic heterocycles. The number of hydrogen-bond acceptors (Lipinski definition) is 3. The van der Waals surface area contributed by atoms with Gasteiger partial charge in [0, 0.05) is 6.54 Å². The van der Waals surface area contributed by atoms with Crippen molar-refractivity contribution in [2.24, 2.45) is 0 Å². The number of rotatable bonds is 5. The lowest BCUT2D eigenvalue weighted by molar-refractivity contribution is 0.880. The van der Waals surface area contributed by atoms with Gasteiger partial charge < -0.3 is 5.32 Å². The highest BCUT2D eigenvalue weighted by Crippen LogP contribution is 2.23. The van der Waals surface area contributed by atoms with Gasteiger partial charge in [0.15, 0.2) is 0 Å². The Bertz CT molecular complexity index is 413. The van der Waals surface area contributed by atoms with E-state index in [1.54, 1.807) is 11.3 Å². The Labute approximate surface area is 101 Å². The number of allylic oxidation sites excluding steroid dienone is 4. The average molecular weight is 234 g/mol. The fourth-order valence-electron chi connectivity index (χ4n) is 1.39. The Kier molecular flexibility index (Phi) is 5.15. The van der Waals surface area contributed by atoms with Crippen LogP contribution in [0, 0.1) is 6.92 Å². The van der Waals surface area contributed by atoms with Gasteiger partial charge in [-0.05, 0) is 26.5 Å². The number of aromatic nitrogens is 1. The normalized spacial score (nSPS) is 12.9. The predicted octanol–water partition coefficient (Wildman–Crippen LogP) is 3.19. The van der Waals surface area contributed by atoms with Gasteiger partial charge in [0.25, 0.3) is 0 Å². The molecule has 0 unspecified atom stereocenters. The number of aryl methyl sites for hydroxylation is 1. The quantitative estimate of drug-likeness (QED) is 0.791. The van der Waals surface area contributed by atoms with Gasteiger partial charge in [0.2, 0.25) is 0 Å². The van der Waals surface area contributed by atoms with Gasteiger partial charge in [0.05, 0.1) is 16.1 Å². The van der Waals surface area contributed by atoms with Crippen LogP contribution in [0.4, 0.5) is 0 Å². The van der Waals surface area contributed by atoms with Crippen LogP contribution in [-0.2, 0) is 0 Å². The van der Waals surface area contributed by atoms with Crippen LogP contribution in [0.15, 0.2) is 35.9 Å². The summed E-state index contributed by atoms with van der Waals surface area (Å²) in [6, 6.07) is 0. The molecule has 0 saturated carbocycles. The molecule has 1 N–H and O–H groups in total. The highest BCUT2D eigenvalue weighted by molar-refractivity contribution is 7.11. The first-order valence-electron chi connectivity index (χ1n) is 5.24. The maximum atomic E-state index is 4.25. The number of nitrogens with one attached hydrogen (secondary N) is 1. The molecule has 0 fully saturated rings. The number of nitrogens with zero attached hydrogens (tertiary/aromatic N) is 1. The summed E-state index contributed by atoms with van der Waals surface area (Å²) in [5.41, 5.74) is 5.36. The monoisotopic (exact) mass is 234 g/mol. The Hall–Kier alpha value is -1.19. The minimum absolute atomic E-state index is 0.905. The molecule has 1 heterocycles. The molecule has 86 valence electrons. The molecule has 0 bridgehead atoms. The minimum atomic E-state index is 0.905. The largest absolute Gasteiger partial charge is 0.316 e. The fraction of sp³-hybridized carbons (Fsp3) is 0.308. The van der Waals surface area contributed by atoms with Gasteiger partial charge in [-0.25, -0.2) is 4.98 Å². The van der Waals surface area contributed by atoms with Crippen LogP contribution in [-0.4, -0.2) is 18.6 Å². The van der Waals surface area contributed by atoms with E-state index in [-0.39, 0.29) is 0 Å². The minimum Gasteiger partial charge on any atom is -0.316 e. The highest BCUT2D eigenvalue weighted by atomic mass is 32.1. The smallest absolute Gasteiger partial charge is 0.0801 e. The Morgan fingerprint density at radius 2 is 2.31 bits per heavy atom. The molecule has 0 aliphatic heterocycles. The van der Waals surface area contributed by atoms with Gasteiger partial charge in [-0.1, -0.05) is 30.4 Å². The summed E-state index contributed by atoms with van der Waals surface area (Å²) in [6.45, 7) is 8.88. The SMILES string of the molecule is C=C/C(=C\C=C(/C)CNC)c1scnc1C. The Morgan fingerprint density at radius 1 is 1.56 bits per heavy atom. The second-order valence-corrected chi connectivity index (χ2v) is 4.49. The lowest BCUT2D eigenvalue weighted by Gasteiger charge is -2.00. The molecular weight excluding hydrogens is 216 g/mol. The Balaban J connectivity index is 2.91. The predicted molar refractivity (Wildman–Crippen MR) is 72.7 cm³/mol. The zero-order valence-electron chi connectivity index (χ0n) is 10.1. The molecule has 0 aliphatic rings. The van der Waals surface area contributed by atoms with E-state index in [1.165, 1.54) is 10.5 Å². The lowest BCUT2D eigenvalue weighted by Crippen LogP contribution is -2.08. The van der Waals surface area contributed by atoms with Crippen LogP contribution in [0.1, 0.15) is 17.5 Å². The van der Waals surface area contributed by atoms with Crippen molar-refractivity contribution in [3.63, 3.8) is 0 Å². The third-order valence-corrected chi connectivity index (χ3v) is 3.21. The van der Waals surface area contributed by atoms with Crippen molar-refractivity contribution in [1.82, 2.24) is 10.3 Å². The molecule has 0 amide bonds. The van der Waals surface area contributed by atoms with Crippen LogP contribution < -0.4 is 5.32 Å². The first-order chi connectivity index (χ1) is 7.69. The van der Waals surface area contributed by atoms with Gasteiger partial charge >= 0.3 is 0 Å². The maximum Gasteiger partial charge on any atom is 0.0801 e. The zero-order valence-corrected chi connectivity index (χ0v) is 10.9. The molecule has 1 aromatic rings. The standard InChI is InChI=1S/C13H18N2S/c1-5-12(7-6-10(2)8-14-4)13-11(3)15-9-16-13/h5-7,9,14H,1,8H2,2-4H3/b10-6+,12-7+. The molecule has 0 aromatic carbocycles. The lowest BCUT2D eigenvalue weighted by atomic mass is 10.1. The molecule has 16 heavy (non-hydrogen) atoms. The summed E-state index contributed by atoms with van der Waals surface area (Å²) in [5.74, 6) is 0. The topological polar surface area (TPSA) is 24.9 Å². The van der Waals surface area contributed by atoms with Gasteiger partial charge in [-0.15, -0.1) is 11.3 Å².